The van der Waals surface area contributed by atoms with Crippen molar-refractivity contribution in [2.45, 2.75) is 46.2 Å². The Labute approximate surface area is 119 Å². The Morgan fingerprint density at radius 2 is 2.05 bits per heavy atom. The van der Waals surface area contributed by atoms with E-state index in [9.17, 15) is 9.59 Å². The molecule has 20 heavy (non-hydrogen) atoms. The van der Waals surface area contributed by atoms with E-state index in [1.165, 1.54) is 0 Å². The maximum absolute atomic E-state index is 12.6. The molecule has 1 aliphatic rings. The van der Waals surface area contributed by atoms with Gasteiger partial charge in [-0.05, 0) is 31.4 Å². The van der Waals surface area contributed by atoms with Gasteiger partial charge in [0.05, 0.1) is 11.9 Å². The van der Waals surface area contributed by atoms with E-state index in [2.05, 4.69) is 10.3 Å². The lowest BCUT2D eigenvalue weighted by atomic mass is 9.95. The van der Waals surface area contributed by atoms with Crippen LogP contribution < -0.4 is 10.2 Å². The summed E-state index contributed by atoms with van der Waals surface area (Å²) in [5.74, 6) is -0.110. The van der Waals surface area contributed by atoms with Crippen molar-refractivity contribution in [3.05, 3.63) is 24.0 Å². The van der Waals surface area contributed by atoms with Gasteiger partial charge in [0.2, 0.25) is 11.8 Å². The number of nitrogens with zero attached hydrogens (tertiary/aromatic N) is 2. The Balaban J connectivity index is 2.44. The van der Waals surface area contributed by atoms with Gasteiger partial charge in [-0.2, -0.15) is 0 Å². The minimum Gasteiger partial charge on any atom is -0.342 e. The summed E-state index contributed by atoms with van der Waals surface area (Å²) in [6.45, 7) is 7.67. The molecule has 0 bridgehead atoms. The molecule has 0 saturated carbocycles. The van der Waals surface area contributed by atoms with Gasteiger partial charge in [-0.15, -0.1) is 0 Å². The Hall–Kier alpha value is -1.91. The summed E-state index contributed by atoms with van der Waals surface area (Å²) in [4.78, 5) is 30.7. The molecule has 0 spiro atoms. The second kappa shape index (κ2) is 5.61. The average Bonchev–Trinajstić information content (AvgIpc) is 2.41. The number of aromatic nitrogens is 1. The Morgan fingerprint density at radius 1 is 1.35 bits per heavy atom. The fourth-order valence-corrected chi connectivity index (χ4v) is 2.51. The van der Waals surface area contributed by atoms with E-state index in [1.54, 1.807) is 11.1 Å². The first-order valence-electron chi connectivity index (χ1n) is 7.01. The molecule has 1 N–H and O–H groups in total. The van der Waals surface area contributed by atoms with Gasteiger partial charge in [0.1, 0.15) is 12.1 Å². The highest BCUT2D eigenvalue weighted by Crippen LogP contribution is 2.25. The zero-order valence-electron chi connectivity index (χ0n) is 12.4. The topological polar surface area (TPSA) is 62.3 Å². The van der Waals surface area contributed by atoms with Gasteiger partial charge in [0, 0.05) is 5.69 Å². The maximum Gasteiger partial charge on any atom is 0.250 e. The Morgan fingerprint density at radius 3 is 2.55 bits per heavy atom. The molecular formula is C15H21N3O2. The third-order valence-electron chi connectivity index (χ3n) is 3.61. The number of pyridine rings is 1. The predicted octanol–water partition coefficient (Wildman–Crippen LogP) is 1.66. The zero-order valence-corrected chi connectivity index (χ0v) is 12.4. The van der Waals surface area contributed by atoms with Crippen LogP contribution >= 0.6 is 0 Å². The quantitative estimate of drug-likeness (QED) is 0.912. The number of hydrogen-bond acceptors (Lipinski definition) is 3. The molecule has 2 unspecified atom stereocenters. The van der Waals surface area contributed by atoms with Crippen molar-refractivity contribution in [2.75, 3.05) is 4.90 Å². The number of piperazine rings is 1. The Kier molecular flexibility index (Phi) is 4.06. The zero-order chi connectivity index (χ0) is 14.9. The average molecular weight is 275 g/mol. The first-order valence-corrected chi connectivity index (χ1v) is 7.01. The molecule has 1 aromatic heterocycles. The lowest BCUT2D eigenvalue weighted by molar-refractivity contribution is -0.134. The van der Waals surface area contributed by atoms with Gasteiger partial charge in [0.25, 0.3) is 0 Å². The molecule has 1 fully saturated rings. The van der Waals surface area contributed by atoms with E-state index < -0.39 is 12.1 Å². The summed E-state index contributed by atoms with van der Waals surface area (Å²) in [5.41, 5.74) is 1.57. The molecule has 0 radical (unpaired) electrons. The lowest BCUT2D eigenvalue weighted by Gasteiger charge is -2.40. The summed E-state index contributed by atoms with van der Waals surface area (Å²) < 4.78 is 0. The van der Waals surface area contributed by atoms with Crippen molar-refractivity contribution in [3.63, 3.8) is 0 Å². The molecule has 2 rings (SSSR count). The van der Waals surface area contributed by atoms with Gasteiger partial charge in [-0.1, -0.05) is 20.8 Å². The monoisotopic (exact) mass is 275 g/mol. The van der Waals surface area contributed by atoms with Crippen LogP contribution in [0.4, 0.5) is 5.69 Å². The number of amides is 2. The van der Waals surface area contributed by atoms with Crippen LogP contribution in [0.15, 0.2) is 18.3 Å². The summed E-state index contributed by atoms with van der Waals surface area (Å²) in [5, 5.41) is 2.81. The van der Waals surface area contributed by atoms with E-state index in [0.29, 0.717) is 12.1 Å². The van der Waals surface area contributed by atoms with E-state index in [1.807, 2.05) is 39.8 Å². The third-order valence-corrected chi connectivity index (χ3v) is 3.61. The summed E-state index contributed by atoms with van der Waals surface area (Å²) in [7, 11) is 0. The fraction of sp³-hybridized carbons (Fsp3) is 0.533. The molecule has 1 aliphatic heterocycles. The molecule has 108 valence electrons. The van der Waals surface area contributed by atoms with Gasteiger partial charge < -0.3 is 5.32 Å². The van der Waals surface area contributed by atoms with E-state index in [0.717, 1.165) is 5.69 Å². The number of rotatable bonds is 3. The minimum absolute atomic E-state index is 0.0399. The molecule has 1 aromatic rings. The number of nitrogens with one attached hydrogen (secondary N) is 1. The van der Waals surface area contributed by atoms with Crippen molar-refractivity contribution in [2.24, 2.45) is 5.92 Å². The molecule has 1 saturated heterocycles. The number of anilines is 1. The van der Waals surface area contributed by atoms with Crippen molar-refractivity contribution >= 4 is 17.5 Å². The van der Waals surface area contributed by atoms with Gasteiger partial charge >= 0.3 is 0 Å². The SMILES string of the molecule is CCC1NC(=O)C(C(C)C)N(c2ccc(C)nc2)C1=O. The summed E-state index contributed by atoms with van der Waals surface area (Å²) >= 11 is 0. The smallest absolute Gasteiger partial charge is 0.250 e. The van der Waals surface area contributed by atoms with Gasteiger partial charge in [-0.3, -0.25) is 19.5 Å². The minimum atomic E-state index is -0.477. The largest absolute Gasteiger partial charge is 0.342 e. The second-order valence-corrected chi connectivity index (χ2v) is 5.52. The van der Waals surface area contributed by atoms with Crippen molar-refractivity contribution in [1.29, 1.82) is 0 Å². The van der Waals surface area contributed by atoms with E-state index in [-0.39, 0.29) is 17.7 Å². The Bertz CT molecular complexity index is 510. The van der Waals surface area contributed by atoms with Gasteiger partial charge in [0.15, 0.2) is 0 Å². The molecule has 5 heteroatoms. The molecule has 2 heterocycles. The highest BCUT2D eigenvalue weighted by Gasteiger charge is 2.42. The third kappa shape index (κ3) is 2.53. The molecule has 5 nitrogen and oxygen atoms in total. The number of carbonyl (C=O) groups excluding carboxylic acids is 2. The standard InChI is InChI=1S/C15H21N3O2/c1-5-12-15(20)18(11-7-6-10(4)16-8-11)13(9(2)3)14(19)17-12/h6-9,12-13H,5H2,1-4H3,(H,17,19). The van der Waals surface area contributed by atoms with Crippen LogP contribution in [0, 0.1) is 12.8 Å². The van der Waals surface area contributed by atoms with Crippen molar-refractivity contribution < 1.29 is 9.59 Å². The van der Waals surface area contributed by atoms with Crippen LogP contribution in [0.1, 0.15) is 32.9 Å². The van der Waals surface area contributed by atoms with E-state index >= 15 is 0 Å². The fourth-order valence-electron chi connectivity index (χ4n) is 2.51. The molecular weight excluding hydrogens is 254 g/mol. The first-order chi connectivity index (χ1) is 9.45. The lowest BCUT2D eigenvalue weighted by Crippen LogP contribution is -2.65. The van der Waals surface area contributed by atoms with Crippen LogP contribution in [0.2, 0.25) is 0 Å². The molecule has 2 atom stereocenters. The maximum atomic E-state index is 12.6. The van der Waals surface area contributed by atoms with Crippen molar-refractivity contribution in [1.82, 2.24) is 10.3 Å². The van der Waals surface area contributed by atoms with E-state index in [4.69, 9.17) is 0 Å². The summed E-state index contributed by atoms with van der Waals surface area (Å²) in [6.07, 6.45) is 2.25. The number of hydrogen-bond donors (Lipinski definition) is 1. The number of carbonyl (C=O) groups is 2. The predicted molar refractivity (Wildman–Crippen MR) is 77.3 cm³/mol. The van der Waals surface area contributed by atoms with Crippen LogP contribution in [0.3, 0.4) is 0 Å². The molecule has 0 aliphatic carbocycles. The molecule has 0 aromatic carbocycles. The van der Waals surface area contributed by atoms with Crippen LogP contribution in [0.5, 0.6) is 0 Å². The molecule has 2 amide bonds. The highest BCUT2D eigenvalue weighted by atomic mass is 16.2. The number of aryl methyl sites for hydroxylation is 1. The van der Waals surface area contributed by atoms with Gasteiger partial charge in [-0.25, -0.2) is 0 Å². The first kappa shape index (κ1) is 14.5. The summed E-state index contributed by atoms with van der Waals surface area (Å²) in [6, 6.07) is 2.78. The van der Waals surface area contributed by atoms with Crippen LogP contribution in [-0.4, -0.2) is 28.9 Å². The van der Waals surface area contributed by atoms with Crippen LogP contribution in [-0.2, 0) is 9.59 Å². The second-order valence-electron chi connectivity index (χ2n) is 5.52. The normalized spacial score (nSPS) is 23.1. The highest BCUT2D eigenvalue weighted by molar-refractivity contribution is 6.08. The van der Waals surface area contributed by atoms with Crippen molar-refractivity contribution in [3.8, 4) is 0 Å². The van der Waals surface area contributed by atoms with Crippen LogP contribution in [0.25, 0.3) is 0 Å².